The Morgan fingerprint density at radius 1 is 1.44 bits per heavy atom. The third-order valence-electron chi connectivity index (χ3n) is 1.01. The standard InChI is InChI=1S/C6H10F2O/c1-2-3-5(4-9)6(7)8/h9H,2-4H2,1H3. The molecule has 0 saturated carbocycles. The normalized spacial score (nSPS) is 9.33. The fourth-order valence-electron chi connectivity index (χ4n) is 0.535. The first kappa shape index (κ1) is 8.56. The Labute approximate surface area is 53.0 Å². The van der Waals surface area contributed by atoms with Gasteiger partial charge in [-0.1, -0.05) is 13.3 Å². The van der Waals surface area contributed by atoms with Crippen molar-refractivity contribution < 1.29 is 13.9 Å². The summed E-state index contributed by atoms with van der Waals surface area (Å²) in [6.07, 6.45) is -0.800. The van der Waals surface area contributed by atoms with Crippen LogP contribution in [0.1, 0.15) is 19.8 Å². The summed E-state index contributed by atoms with van der Waals surface area (Å²) in [5.41, 5.74) is -0.141. The summed E-state index contributed by atoms with van der Waals surface area (Å²) in [4.78, 5) is 0. The zero-order valence-electron chi connectivity index (χ0n) is 5.32. The van der Waals surface area contributed by atoms with E-state index < -0.39 is 12.7 Å². The van der Waals surface area contributed by atoms with E-state index in [1.165, 1.54) is 0 Å². The molecule has 0 unspecified atom stereocenters. The third-order valence-corrected chi connectivity index (χ3v) is 1.01. The minimum Gasteiger partial charge on any atom is -0.392 e. The minimum absolute atomic E-state index is 0.141. The quantitative estimate of drug-likeness (QED) is 0.628. The lowest BCUT2D eigenvalue weighted by atomic mass is 10.2. The van der Waals surface area contributed by atoms with Gasteiger partial charge >= 0.3 is 0 Å². The van der Waals surface area contributed by atoms with Crippen LogP contribution in [0.3, 0.4) is 0 Å². The number of aliphatic hydroxyl groups excluding tert-OH is 1. The number of rotatable bonds is 3. The maximum atomic E-state index is 11.6. The van der Waals surface area contributed by atoms with Crippen molar-refractivity contribution in [2.45, 2.75) is 19.8 Å². The van der Waals surface area contributed by atoms with E-state index in [0.29, 0.717) is 12.8 Å². The Morgan fingerprint density at radius 2 is 2.00 bits per heavy atom. The van der Waals surface area contributed by atoms with Gasteiger partial charge in [-0.15, -0.1) is 0 Å². The first-order valence-electron chi connectivity index (χ1n) is 2.86. The average Bonchev–Trinajstić information content (AvgIpc) is 1.82. The Bertz CT molecular complexity index is 106. The van der Waals surface area contributed by atoms with Crippen LogP contribution < -0.4 is 0 Å². The van der Waals surface area contributed by atoms with Crippen molar-refractivity contribution in [2.75, 3.05) is 6.61 Å². The van der Waals surface area contributed by atoms with Gasteiger partial charge in [0.05, 0.1) is 6.61 Å². The summed E-state index contributed by atoms with van der Waals surface area (Å²) < 4.78 is 23.2. The minimum atomic E-state index is -1.74. The number of hydrogen-bond donors (Lipinski definition) is 1. The molecule has 0 atom stereocenters. The summed E-state index contributed by atoms with van der Waals surface area (Å²) in [6.45, 7) is 1.27. The molecule has 0 radical (unpaired) electrons. The predicted molar refractivity (Wildman–Crippen MR) is 31.2 cm³/mol. The van der Waals surface area contributed by atoms with Crippen molar-refractivity contribution in [3.05, 3.63) is 11.7 Å². The molecule has 0 aliphatic heterocycles. The third kappa shape index (κ3) is 3.19. The molecule has 0 amide bonds. The Balaban J connectivity index is 3.83. The predicted octanol–water partition coefficient (Wildman–Crippen LogP) is 1.93. The van der Waals surface area contributed by atoms with Crippen molar-refractivity contribution >= 4 is 0 Å². The van der Waals surface area contributed by atoms with Crippen LogP contribution in [0.2, 0.25) is 0 Å². The van der Waals surface area contributed by atoms with Crippen molar-refractivity contribution in [3.63, 3.8) is 0 Å². The van der Waals surface area contributed by atoms with Crippen LogP contribution in [0.25, 0.3) is 0 Å². The van der Waals surface area contributed by atoms with Gasteiger partial charge in [0.2, 0.25) is 0 Å². The highest BCUT2D eigenvalue weighted by atomic mass is 19.3. The molecule has 0 heterocycles. The summed E-state index contributed by atoms with van der Waals surface area (Å²) >= 11 is 0. The highest BCUT2D eigenvalue weighted by Gasteiger charge is 2.01. The van der Waals surface area contributed by atoms with E-state index in [0.717, 1.165) is 0 Å². The zero-order chi connectivity index (χ0) is 7.28. The van der Waals surface area contributed by atoms with Gasteiger partial charge in [0, 0.05) is 5.57 Å². The van der Waals surface area contributed by atoms with E-state index >= 15 is 0 Å². The topological polar surface area (TPSA) is 20.2 Å². The van der Waals surface area contributed by atoms with Crippen LogP contribution >= 0.6 is 0 Å². The maximum absolute atomic E-state index is 11.6. The van der Waals surface area contributed by atoms with E-state index in [1.807, 2.05) is 0 Å². The van der Waals surface area contributed by atoms with Crippen LogP contribution in [-0.2, 0) is 0 Å². The smallest absolute Gasteiger partial charge is 0.271 e. The lowest BCUT2D eigenvalue weighted by molar-refractivity contribution is 0.305. The van der Waals surface area contributed by atoms with Crippen molar-refractivity contribution in [1.82, 2.24) is 0 Å². The molecular weight excluding hydrogens is 126 g/mol. The van der Waals surface area contributed by atoms with E-state index in [2.05, 4.69) is 0 Å². The highest BCUT2D eigenvalue weighted by molar-refractivity contribution is 5.01. The Kier molecular flexibility index (Phi) is 4.22. The van der Waals surface area contributed by atoms with Crippen molar-refractivity contribution in [3.8, 4) is 0 Å². The zero-order valence-corrected chi connectivity index (χ0v) is 5.32. The molecular formula is C6H10F2O. The largest absolute Gasteiger partial charge is 0.392 e. The van der Waals surface area contributed by atoms with Gasteiger partial charge in [0.15, 0.2) is 0 Å². The maximum Gasteiger partial charge on any atom is 0.271 e. The molecule has 54 valence electrons. The van der Waals surface area contributed by atoms with Crippen LogP contribution in [0.15, 0.2) is 11.7 Å². The van der Waals surface area contributed by atoms with Gasteiger partial charge in [-0.2, -0.15) is 8.78 Å². The molecule has 3 heteroatoms. The summed E-state index contributed by atoms with van der Waals surface area (Å²) in [5.74, 6) is 0. The van der Waals surface area contributed by atoms with Crippen LogP contribution in [0, 0.1) is 0 Å². The Morgan fingerprint density at radius 3 is 2.11 bits per heavy atom. The highest BCUT2D eigenvalue weighted by Crippen LogP contribution is 2.12. The van der Waals surface area contributed by atoms with E-state index in [1.54, 1.807) is 6.92 Å². The molecule has 0 aliphatic carbocycles. The van der Waals surface area contributed by atoms with Gasteiger partial charge < -0.3 is 5.11 Å². The average molecular weight is 136 g/mol. The van der Waals surface area contributed by atoms with Gasteiger partial charge in [0.25, 0.3) is 6.08 Å². The Hall–Kier alpha value is -0.440. The molecule has 0 aromatic heterocycles. The first-order chi connectivity index (χ1) is 4.22. The summed E-state index contributed by atoms with van der Waals surface area (Å²) in [5, 5.41) is 8.29. The van der Waals surface area contributed by atoms with Gasteiger partial charge in [-0.3, -0.25) is 0 Å². The second-order valence-electron chi connectivity index (χ2n) is 1.77. The second kappa shape index (κ2) is 4.44. The van der Waals surface area contributed by atoms with Crippen LogP contribution in [-0.4, -0.2) is 11.7 Å². The molecule has 1 nitrogen and oxygen atoms in total. The van der Waals surface area contributed by atoms with Gasteiger partial charge in [0.1, 0.15) is 0 Å². The first-order valence-corrected chi connectivity index (χ1v) is 2.86. The van der Waals surface area contributed by atoms with Crippen molar-refractivity contribution in [2.24, 2.45) is 0 Å². The summed E-state index contributed by atoms with van der Waals surface area (Å²) in [6, 6.07) is 0. The molecule has 9 heavy (non-hydrogen) atoms. The fourth-order valence-corrected chi connectivity index (χ4v) is 0.535. The van der Waals surface area contributed by atoms with Crippen LogP contribution in [0.5, 0.6) is 0 Å². The SMILES string of the molecule is CCCC(CO)=C(F)F. The van der Waals surface area contributed by atoms with Gasteiger partial charge in [-0.05, 0) is 6.42 Å². The van der Waals surface area contributed by atoms with E-state index in [9.17, 15) is 8.78 Å². The number of aliphatic hydroxyl groups is 1. The molecule has 0 rings (SSSR count). The molecule has 0 fully saturated rings. The van der Waals surface area contributed by atoms with Gasteiger partial charge in [-0.25, -0.2) is 0 Å². The summed E-state index contributed by atoms with van der Waals surface area (Å²) in [7, 11) is 0. The molecule has 0 aromatic rings. The number of halogens is 2. The lowest BCUT2D eigenvalue weighted by Crippen LogP contribution is -1.90. The van der Waals surface area contributed by atoms with Crippen molar-refractivity contribution in [1.29, 1.82) is 0 Å². The molecule has 0 spiro atoms. The molecule has 1 N–H and O–H groups in total. The molecule has 0 saturated heterocycles. The van der Waals surface area contributed by atoms with E-state index in [4.69, 9.17) is 5.11 Å². The lowest BCUT2D eigenvalue weighted by Gasteiger charge is -1.96. The number of hydrogen-bond acceptors (Lipinski definition) is 1. The molecule has 0 aliphatic rings. The molecule has 0 aromatic carbocycles. The molecule has 0 bridgehead atoms. The monoisotopic (exact) mass is 136 g/mol. The second-order valence-corrected chi connectivity index (χ2v) is 1.77. The van der Waals surface area contributed by atoms with E-state index in [-0.39, 0.29) is 5.57 Å². The fraction of sp³-hybridized carbons (Fsp3) is 0.667. The van der Waals surface area contributed by atoms with Crippen LogP contribution in [0.4, 0.5) is 8.78 Å².